The van der Waals surface area contributed by atoms with Crippen LogP contribution in [-0.4, -0.2) is 11.5 Å². The number of aldehydes is 1. The molecule has 0 aliphatic heterocycles. The van der Waals surface area contributed by atoms with E-state index < -0.39 is 0 Å². The molecule has 0 aromatic heterocycles. The third kappa shape index (κ3) is 3.35. The fraction of sp³-hybridized carbons (Fsp3) is 0.533. The molecule has 0 N–H and O–H groups in total. The molecule has 2 unspecified atom stereocenters. The maximum atomic E-state index is 10.8. The van der Waals surface area contributed by atoms with Gasteiger partial charge in [0.05, 0.1) is 0 Å². The van der Waals surface area contributed by atoms with Crippen molar-refractivity contribution in [2.24, 2.45) is 5.92 Å². The summed E-state index contributed by atoms with van der Waals surface area (Å²) in [5, 5.41) is 0.746. The second kappa shape index (κ2) is 6.25. The monoisotopic (exact) mass is 248 g/mol. The first-order valence-electron chi connectivity index (χ1n) is 6.55. The van der Waals surface area contributed by atoms with Crippen LogP contribution in [0.1, 0.15) is 49.4 Å². The van der Waals surface area contributed by atoms with Gasteiger partial charge in [-0.2, -0.15) is 0 Å². The maximum Gasteiger partial charge on any atom is 0.150 e. The minimum Gasteiger partial charge on any atom is -0.298 e. The number of thioether (sulfide) groups is 1. The molecule has 0 amide bonds. The highest BCUT2D eigenvalue weighted by Gasteiger charge is 2.24. The van der Waals surface area contributed by atoms with Crippen LogP contribution >= 0.6 is 11.8 Å². The number of benzene rings is 1. The summed E-state index contributed by atoms with van der Waals surface area (Å²) in [4.78, 5) is 12.0. The van der Waals surface area contributed by atoms with Gasteiger partial charge in [0.2, 0.25) is 0 Å². The maximum absolute atomic E-state index is 10.8. The first-order chi connectivity index (χ1) is 8.33. The van der Waals surface area contributed by atoms with Crippen molar-refractivity contribution in [1.82, 2.24) is 0 Å². The Balaban J connectivity index is 2.05. The van der Waals surface area contributed by atoms with E-state index in [9.17, 15) is 4.79 Å². The molecular weight excluding hydrogens is 228 g/mol. The summed E-state index contributed by atoms with van der Waals surface area (Å²) < 4.78 is 0. The molecule has 0 spiro atoms. The molecule has 1 nitrogen and oxygen atoms in total. The van der Waals surface area contributed by atoms with Crippen molar-refractivity contribution in [3.05, 3.63) is 29.8 Å². The van der Waals surface area contributed by atoms with Crippen LogP contribution in [0.5, 0.6) is 0 Å². The highest BCUT2D eigenvalue weighted by molar-refractivity contribution is 8.00. The first kappa shape index (κ1) is 12.7. The summed E-state index contributed by atoms with van der Waals surface area (Å²) in [6, 6.07) is 7.99. The summed E-state index contributed by atoms with van der Waals surface area (Å²) in [5.74, 6) is 0.855. The average molecular weight is 248 g/mol. The summed E-state index contributed by atoms with van der Waals surface area (Å²) in [5.41, 5.74) is 0.791. The molecule has 0 heterocycles. The minimum absolute atomic E-state index is 0.746. The number of hydrogen-bond donors (Lipinski definition) is 0. The molecule has 1 aliphatic carbocycles. The van der Waals surface area contributed by atoms with Crippen LogP contribution in [0.2, 0.25) is 0 Å². The Labute approximate surface area is 108 Å². The predicted octanol–water partition coefficient (Wildman–Crippen LogP) is 4.56. The summed E-state index contributed by atoms with van der Waals surface area (Å²) in [7, 11) is 0. The number of rotatable bonds is 4. The Morgan fingerprint density at radius 2 is 2.18 bits per heavy atom. The van der Waals surface area contributed by atoms with Gasteiger partial charge in [0.1, 0.15) is 6.29 Å². The zero-order chi connectivity index (χ0) is 12.1. The van der Waals surface area contributed by atoms with E-state index in [1.54, 1.807) is 0 Å². The lowest BCUT2D eigenvalue weighted by Crippen LogP contribution is -2.20. The van der Waals surface area contributed by atoms with E-state index in [4.69, 9.17) is 0 Å². The third-order valence-electron chi connectivity index (χ3n) is 3.65. The first-order valence-corrected chi connectivity index (χ1v) is 7.43. The van der Waals surface area contributed by atoms with Gasteiger partial charge in [0.15, 0.2) is 0 Å². The Hall–Kier alpha value is -0.760. The van der Waals surface area contributed by atoms with Crippen LogP contribution in [0.15, 0.2) is 29.2 Å². The zero-order valence-corrected chi connectivity index (χ0v) is 11.2. The largest absolute Gasteiger partial charge is 0.298 e. The van der Waals surface area contributed by atoms with Gasteiger partial charge in [-0.1, -0.05) is 38.3 Å². The topological polar surface area (TPSA) is 17.1 Å². The molecular formula is C15H20OS. The van der Waals surface area contributed by atoms with E-state index in [2.05, 4.69) is 13.0 Å². The summed E-state index contributed by atoms with van der Waals surface area (Å²) in [6.07, 6.45) is 7.68. The SMILES string of the molecule is CCC1CCCCC1Sc1cccc(C=O)c1. The predicted molar refractivity (Wildman–Crippen MR) is 73.7 cm³/mol. The molecule has 2 heteroatoms. The molecule has 1 fully saturated rings. The lowest BCUT2D eigenvalue weighted by molar-refractivity contribution is 0.112. The molecule has 1 aliphatic rings. The molecule has 0 radical (unpaired) electrons. The highest BCUT2D eigenvalue weighted by atomic mass is 32.2. The molecule has 1 aromatic carbocycles. The smallest absolute Gasteiger partial charge is 0.150 e. The van der Waals surface area contributed by atoms with Crippen molar-refractivity contribution in [3.63, 3.8) is 0 Å². The molecule has 0 bridgehead atoms. The lowest BCUT2D eigenvalue weighted by atomic mass is 9.87. The van der Waals surface area contributed by atoms with E-state index in [1.807, 2.05) is 30.0 Å². The second-order valence-electron chi connectivity index (χ2n) is 4.80. The number of carbonyl (C=O) groups is 1. The van der Waals surface area contributed by atoms with Gasteiger partial charge < -0.3 is 0 Å². The van der Waals surface area contributed by atoms with Crippen LogP contribution in [0.3, 0.4) is 0 Å². The van der Waals surface area contributed by atoms with Crippen LogP contribution < -0.4 is 0 Å². The van der Waals surface area contributed by atoms with E-state index in [0.29, 0.717) is 0 Å². The van der Waals surface area contributed by atoms with E-state index in [-0.39, 0.29) is 0 Å². The Morgan fingerprint density at radius 3 is 2.94 bits per heavy atom. The molecule has 1 aromatic rings. The van der Waals surface area contributed by atoms with E-state index in [0.717, 1.165) is 23.0 Å². The van der Waals surface area contributed by atoms with Crippen LogP contribution in [0, 0.1) is 5.92 Å². The minimum atomic E-state index is 0.746. The van der Waals surface area contributed by atoms with Gasteiger partial charge >= 0.3 is 0 Å². The third-order valence-corrected chi connectivity index (χ3v) is 5.09. The normalized spacial score (nSPS) is 24.5. The second-order valence-corrected chi connectivity index (χ2v) is 6.11. The Bertz CT molecular complexity index is 375. The van der Waals surface area contributed by atoms with Crippen molar-refractivity contribution < 1.29 is 4.79 Å². The summed E-state index contributed by atoms with van der Waals surface area (Å²) in [6.45, 7) is 2.30. The van der Waals surface area contributed by atoms with Crippen molar-refractivity contribution in [3.8, 4) is 0 Å². The van der Waals surface area contributed by atoms with Gasteiger partial charge in [0, 0.05) is 15.7 Å². The number of hydrogen-bond acceptors (Lipinski definition) is 2. The van der Waals surface area contributed by atoms with Crippen LogP contribution in [0.4, 0.5) is 0 Å². The quantitative estimate of drug-likeness (QED) is 0.727. The van der Waals surface area contributed by atoms with Crippen LogP contribution in [-0.2, 0) is 0 Å². The van der Waals surface area contributed by atoms with Gasteiger partial charge in [-0.25, -0.2) is 0 Å². The van der Waals surface area contributed by atoms with Crippen molar-refractivity contribution in [2.75, 3.05) is 0 Å². The van der Waals surface area contributed by atoms with E-state index in [1.165, 1.54) is 37.0 Å². The molecule has 1 saturated carbocycles. The standard InChI is InChI=1S/C15H20OS/c1-2-13-7-3-4-9-15(13)17-14-8-5-6-12(10-14)11-16/h5-6,8,10-11,13,15H,2-4,7,9H2,1H3. The van der Waals surface area contributed by atoms with Crippen molar-refractivity contribution in [2.45, 2.75) is 49.2 Å². The zero-order valence-electron chi connectivity index (χ0n) is 10.4. The van der Waals surface area contributed by atoms with Gasteiger partial charge in [0.25, 0.3) is 0 Å². The molecule has 0 saturated heterocycles. The van der Waals surface area contributed by atoms with Crippen molar-refractivity contribution in [1.29, 1.82) is 0 Å². The van der Waals surface area contributed by atoms with Crippen molar-refractivity contribution >= 4 is 18.0 Å². The fourth-order valence-corrected chi connectivity index (χ4v) is 4.15. The van der Waals surface area contributed by atoms with Gasteiger partial charge in [-0.3, -0.25) is 4.79 Å². The molecule has 17 heavy (non-hydrogen) atoms. The Morgan fingerprint density at radius 1 is 1.35 bits per heavy atom. The van der Waals surface area contributed by atoms with Gasteiger partial charge in [-0.05, 0) is 30.9 Å². The van der Waals surface area contributed by atoms with Gasteiger partial charge in [-0.15, -0.1) is 11.8 Å². The van der Waals surface area contributed by atoms with Crippen LogP contribution in [0.25, 0.3) is 0 Å². The number of carbonyl (C=O) groups excluding carboxylic acids is 1. The molecule has 2 rings (SSSR count). The lowest BCUT2D eigenvalue weighted by Gasteiger charge is -2.30. The van der Waals surface area contributed by atoms with E-state index >= 15 is 0 Å². The average Bonchev–Trinajstić information content (AvgIpc) is 2.39. The molecule has 2 atom stereocenters. The highest BCUT2D eigenvalue weighted by Crippen LogP contribution is 2.38. The molecule has 92 valence electrons. The fourth-order valence-electron chi connectivity index (χ4n) is 2.63. The Kier molecular flexibility index (Phi) is 4.66. The summed E-state index contributed by atoms with van der Waals surface area (Å²) >= 11 is 1.97.